The lowest BCUT2D eigenvalue weighted by Crippen LogP contribution is -2.20. The zero-order valence-corrected chi connectivity index (χ0v) is 11.6. The van der Waals surface area contributed by atoms with E-state index in [9.17, 15) is 4.79 Å². The van der Waals surface area contributed by atoms with E-state index in [1.807, 2.05) is 30.3 Å². The van der Waals surface area contributed by atoms with Crippen molar-refractivity contribution in [1.82, 2.24) is 19.2 Å². The average Bonchev–Trinajstić information content (AvgIpc) is 2.72. The number of fused-ring (bicyclic) bond motifs is 1. The molecule has 0 radical (unpaired) electrons. The van der Waals surface area contributed by atoms with Crippen LogP contribution in [0.25, 0.3) is 16.9 Å². The molecule has 0 unspecified atom stereocenters. The molecule has 2 aromatic heterocycles. The van der Waals surface area contributed by atoms with Crippen molar-refractivity contribution in [3.05, 3.63) is 45.3 Å². The average molecular weight is 320 g/mol. The van der Waals surface area contributed by atoms with Crippen molar-refractivity contribution in [3.63, 3.8) is 0 Å². The smallest absolute Gasteiger partial charge is 0.352 e. The van der Waals surface area contributed by atoms with Crippen LogP contribution in [-0.2, 0) is 7.05 Å². The topological polar surface area (TPSA) is 78.2 Å². The Morgan fingerprint density at radius 3 is 2.63 bits per heavy atom. The first-order valence-corrected chi connectivity index (χ1v) is 6.35. The first kappa shape index (κ1) is 11.9. The number of halogens is 1. The van der Waals surface area contributed by atoms with Crippen LogP contribution < -0.4 is 11.4 Å². The zero-order valence-electron chi connectivity index (χ0n) is 10.0. The molecule has 2 N–H and O–H groups in total. The quantitative estimate of drug-likeness (QED) is 0.736. The molecule has 3 aromatic rings. The van der Waals surface area contributed by atoms with Crippen molar-refractivity contribution in [2.24, 2.45) is 7.05 Å². The molecule has 7 heteroatoms. The predicted octanol–water partition coefficient (Wildman–Crippen LogP) is 1.44. The Bertz CT molecular complexity index is 821. The maximum atomic E-state index is 11.9. The summed E-state index contributed by atoms with van der Waals surface area (Å²) in [6.45, 7) is 0. The van der Waals surface area contributed by atoms with Crippen LogP contribution in [0.2, 0.25) is 0 Å². The molecule has 0 amide bonds. The first-order valence-electron chi connectivity index (χ1n) is 5.55. The highest BCUT2D eigenvalue weighted by Crippen LogP contribution is 2.29. The third-order valence-corrected chi connectivity index (χ3v) is 3.56. The van der Waals surface area contributed by atoms with Crippen LogP contribution >= 0.6 is 15.9 Å². The van der Waals surface area contributed by atoms with E-state index in [1.165, 1.54) is 9.08 Å². The second-order valence-electron chi connectivity index (χ2n) is 4.06. The Labute approximate surface area is 116 Å². The Kier molecular flexibility index (Phi) is 2.63. The van der Waals surface area contributed by atoms with Gasteiger partial charge in [-0.3, -0.25) is 0 Å². The lowest BCUT2D eigenvalue weighted by atomic mass is 10.1. The highest BCUT2D eigenvalue weighted by molar-refractivity contribution is 9.10. The number of anilines is 1. The Balaban J connectivity index is 2.41. The van der Waals surface area contributed by atoms with Crippen LogP contribution in [0.3, 0.4) is 0 Å². The van der Waals surface area contributed by atoms with Gasteiger partial charge in [-0.2, -0.15) is 0 Å². The Morgan fingerprint density at radius 1 is 1.26 bits per heavy atom. The Hall–Kier alpha value is -2.15. The molecule has 0 fully saturated rings. The van der Waals surface area contributed by atoms with Crippen molar-refractivity contribution >= 4 is 27.5 Å². The summed E-state index contributed by atoms with van der Waals surface area (Å²) < 4.78 is 3.15. The van der Waals surface area contributed by atoms with Crippen LogP contribution in [0.4, 0.5) is 5.95 Å². The summed E-state index contributed by atoms with van der Waals surface area (Å²) in [6, 6.07) is 9.58. The predicted molar refractivity (Wildman–Crippen MR) is 75.8 cm³/mol. The number of hydrogen-bond acceptors (Lipinski definition) is 4. The van der Waals surface area contributed by atoms with Crippen LogP contribution in [0.15, 0.2) is 39.6 Å². The summed E-state index contributed by atoms with van der Waals surface area (Å²) in [5, 5.41) is 4.16. The number of aromatic nitrogens is 4. The molecule has 0 aliphatic carbocycles. The maximum Gasteiger partial charge on any atom is 0.352 e. The number of nitrogens with zero attached hydrogens (tertiary/aromatic N) is 4. The number of benzene rings is 1. The maximum absolute atomic E-state index is 11.9. The van der Waals surface area contributed by atoms with Gasteiger partial charge in [0, 0.05) is 12.6 Å². The molecule has 0 spiro atoms. The lowest BCUT2D eigenvalue weighted by Gasteiger charge is -2.06. The molecule has 2 heterocycles. The Morgan fingerprint density at radius 2 is 1.95 bits per heavy atom. The molecule has 0 saturated heterocycles. The third-order valence-electron chi connectivity index (χ3n) is 2.83. The highest BCUT2D eigenvalue weighted by atomic mass is 79.9. The van der Waals surface area contributed by atoms with Crippen LogP contribution in [0.5, 0.6) is 0 Å². The summed E-state index contributed by atoms with van der Waals surface area (Å²) >= 11 is 3.45. The molecule has 0 saturated carbocycles. The number of hydrogen-bond donors (Lipinski definition) is 1. The van der Waals surface area contributed by atoms with Gasteiger partial charge in [0.1, 0.15) is 0 Å². The zero-order chi connectivity index (χ0) is 13.6. The van der Waals surface area contributed by atoms with Gasteiger partial charge in [0.25, 0.3) is 0 Å². The van der Waals surface area contributed by atoms with Crippen molar-refractivity contribution in [1.29, 1.82) is 0 Å². The van der Waals surface area contributed by atoms with Gasteiger partial charge in [-0.25, -0.2) is 18.9 Å². The van der Waals surface area contributed by atoms with Crippen molar-refractivity contribution < 1.29 is 0 Å². The number of nitrogen functional groups attached to an aromatic ring is 1. The van der Waals surface area contributed by atoms with Crippen molar-refractivity contribution in [2.75, 3.05) is 5.73 Å². The standard InChI is InChI=1S/C12H10BrN5O/c1-17-12(19)18-10(16-17)8(13)9(15-11(18)14)7-5-3-2-4-6-7/h2-6H,1H3,(H2,14,15). The number of rotatable bonds is 1. The van der Waals surface area contributed by atoms with Gasteiger partial charge in [0.05, 0.1) is 10.2 Å². The second kappa shape index (κ2) is 4.20. The van der Waals surface area contributed by atoms with Gasteiger partial charge in [-0.1, -0.05) is 30.3 Å². The van der Waals surface area contributed by atoms with E-state index >= 15 is 0 Å². The molecule has 6 nitrogen and oxygen atoms in total. The minimum atomic E-state index is -0.319. The summed E-state index contributed by atoms with van der Waals surface area (Å²) in [6.07, 6.45) is 0. The van der Waals surface area contributed by atoms with Crippen LogP contribution in [0.1, 0.15) is 0 Å². The molecule has 1 aromatic carbocycles. The second-order valence-corrected chi connectivity index (χ2v) is 4.86. The van der Waals surface area contributed by atoms with E-state index in [0.29, 0.717) is 15.8 Å². The largest absolute Gasteiger partial charge is 0.369 e. The molecule has 0 bridgehead atoms. The highest BCUT2D eigenvalue weighted by Gasteiger charge is 2.16. The molecule has 0 aliphatic rings. The molecule has 19 heavy (non-hydrogen) atoms. The van der Waals surface area contributed by atoms with Gasteiger partial charge >= 0.3 is 5.69 Å². The first-order chi connectivity index (χ1) is 9.09. The van der Waals surface area contributed by atoms with Gasteiger partial charge < -0.3 is 5.73 Å². The fourth-order valence-corrected chi connectivity index (χ4v) is 2.49. The fourth-order valence-electron chi connectivity index (χ4n) is 1.92. The molecule has 0 aliphatic heterocycles. The number of nitrogens with two attached hydrogens (primary N) is 1. The van der Waals surface area contributed by atoms with Gasteiger partial charge in [-0.15, -0.1) is 5.10 Å². The fraction of sp³-hybridized carbons (Fsp3) is 0.0833. The summed E-state index contributed by atoms with van der Waals surface area (Å²) in [7, 11) is 1.57. The van der Waals surface area contributed by atoms with Crippen molar-refractivity contribution in [3.8, 4) is 11.3 Å². The normalized spacial score (nSPS) is 11.1. The van der Waals surface area contributed by atoms with E-state index in [1.54, 1.807) is 7.05 Å². The third kappa shape index (κ3) is 1.74. The molecular weight excluding hydrogens is 310 g/mol. The molecule has 3 rings (SSSR count). The molecule has 96 valence electrons. The minimum absolute atomic E-state index is 0.121. The van der Waals surface area contributed by atoms with Crippen molar-refractivity contribution in [2.45, 2.75) is 0 Å². The molecule has 0 atom stereocenters. The summed E-state index contributed by atoms with van der Waals surface area (Å²) in [4.78, 5) is 16.2. The van der Waals surface area contributed by atoms with E-state index in [-0.39, 0.29) is 11.6 Å². The van der Waals surface area contributed by atoms with Gasteiger partial charge in [-0.05, 0) is 15.9 Å². The van der Waals surface area contributed by atoms with E-state index in [2.05, 4.69) is 26.0 Å². The van der Waals surface area contributed by atoms with Crippen LogP contribution in [-0.4, -0.2) is 19.2 Å². The monoisotopic (exact) mass is 319 g/mol. The minimum Gasteiger partial charge on any atom is -0.369 e. The SMILES string of the molecule is Cn1nc2c(Br)c(-c3ccccc3)nc(N)n2c1=O. The van der Waals surface area contributed by atoms with E-state index < -0.39 is 0 Å². The van der Waals surface area contributed by atoms with E-state index in [0.717, 1.165) is 5.56 Å². The van der Waals surface area contributed by atoms with E-state index in [4.69, 9.17) is 5.73 Å². The molecular formula is C12H10BrN5O. The van der Waals surface area contributed by atoms with Gasteiger partial charge in [0.2, 0.25) is 5.95 Å². The summed E-state index contributed by atoms with van der Waals surface area (Å²) in [5.41, 5.74) is 7.56. The van der Waals surface area contributed by atoms with Crippen LogP contribution in [0, 0.1) is 0 Å². The lowest BCUT2D eigenvalue weighted by molar-refractivity contribution is 0.733. The summed E-state index contributed by atoms with van der Waals surface area (Å²) in [5.74, 6) is 0.121. The number of aryl methyl sites for hydroxylation is 1. The van der Waals surface area contributed by atoms with Gasteiger partial charge in [0.15, 0.2) is 5.65 Å².